The highest BCUT2D eigenvalue weighted by molar-refractivity contribution is 5.76. The lowest BCUT2D eigenvalue weighted by Crippen LogP contribution is -2.51. The third-order valence-corrected chi connectivity index (χ3v) is 7.59. The van der Waals surface area contributed by atoms with E-state index >= 15 is 0 Å². The van der Waals surface area contributed by atoms with Crippen LogP contribution in [0.4, 0.5) is 4.39 Å². The van der Waals surface area contributed by atoms with Crippen molar-refractivity contribution in [3.63, 3.8) is 0 Å². The third-order valence-electron chi connectivity index (χ3n) is 7.59. The van der Waals surface area contributed by atoms with E-state index in [4.69, 9.17) is 14.2 Å². The molecule has 1 atom stereocenters. The van der Waals surface area contributed by atoms with Crippen LogP contribution in [0.1, 0.15) is 44.6 Å². The number of carbonyl (C=O) groups is 2. The van der Waals surface area contributed by atoms with Crippen molar-refractivity contribution in [2.75, 3.05) is 59.6 Å². The Morgan fingerprint density at radius 1 is 1.00 bits per heavy atom. The fourth-order valence-corrected chi connectivity index (χ4v) is 5.39. The van der Waals surface area contributed by atoms with Crippen molar-refractivity contribution < 1.29 is 33.3 Å². The van der Waals surface area contributed by atoms with Gasteiger partial charge in [0.05, 0.1) is 20.3 Å². The molecule has 10 heteroatoms. The van der Waals surface area contributed by atoms with Gasteiger partial charge in [0, 0.05) is 52.6 Å². The van der Waals surface area contributed by atoms with Crippen LogP contribution >= 0.6 is 0 Å². The number of nitrogens with zero attached hydrogens (tertiary/aromatic N) is 3. The Hall–Kier alpha value is -3.37. The summed E-state index contributed by atoms with van der Waals surface area (Å²) in [5.41, 5.74) is -0.346. The Kier molecular flexibility index (Phi) is 10.8. The van der Waals surface area contributed by atoms with Gasteiger partial charge in [0.1, 0.15) is 23.8 Å². The van der Waals surface area contributed by atoms with Gasteiger partial charge in [0.15, 0.2) is 11.5 Å². The molecule has 2 aromatic rings. The number of benzene rings is 2. The number of methoxy groups -OCH3 is 1. The van der Waals surface area contributed by atoms with Crippen molar-refractivity contribution in [2.24, 2.45) is 0 Å². The molecule has 0 bridgehead atoms. The van der Waals surface area contributed by atoms with Gasteiger partial charge in [0.2, 0.25) is 11.8 Å². The van der Waals surface area contributed by atoms with Gasteiger partial charge >= 0.3 is 0 Å². The fraction of sp³-hybridized carbons (Fsp3) is 0.548. The van der Waals surface area contributed by atoms with Gasteiger partial charge in [-0.15, -0.1) is 0 Å². The summed E-state index contributed by atoms with van der Waals surface area (Å²) in [6.45, 7) is 5.45. The van der Waals surface area contributed by atoms with Crippen LogP contribution < -0.4 is 14.2 Å². The summed E-state index contributed by atoms with van der Waals surface area (Å²) in [6.07, 6.45) is 4.53. The van der Waals surface area contributed by atoms with Crippen LogP contribution in [-0.2, 0) is 16.1 Å². The smallest absolute Gasteiger partial charge is 0.222 e. The first-order valence-corrected chi connectivity index (χ1v) is 14.4. The minimum Gasteiger partial charge on any atom is -0.493 e. The quantitative estimate of drug-likeness (QED) is 0.413. The lowest BCUT2D eigenvalue weighted by molar-refractivity contribution is -0.132. The van der Waals surface area contributed by atoms with E-state index in [1.54, 1.807) is 12.0 Å². The second kappa shape index (κ2) is 14.5. The number of halogens is 1. The summed E-state index contributed by atoms with van der Waals surface area (Å²) in [7, 11) is 1.60. The summed E-state index contributed by atoms with van der Waals surface area (Å²) in [6, 6.07) is 11.4. The molecule has 0 unspecified atom stereocenters. The Morgan fingerprint density at radius 3 is 2.56 bits per heavy atom. The number of likely N-dealkylation sites (tertiary alicyclic amines) is 1. The molecule has 41 heavy (non-hydrogen) atoms. The van der Waals surface area contributed by atoms with Gasteiger partial charge in [-0.25, -0.2) is 4.39 Å². The zero-order valence-electron chi connectivity index (χ0n) is 24.1. The molecule has 1 N–H and O–H groups in total. The summed E-state index contributed by atoms with van der Waals surface area (Å²) in [4.78, 5) is 30.1. The lowest BCUT2D eigenvalue weighted by atomic mass is 10.0. The predicted molar refractivity (Wildman–Crippen MR) is 153 cm³/mol. The van der Waals surface area contributed by atoms with Crippen LogP contribution in [0.2, 0.25) is 0 Å². The predicted octanol–water partition coefficient (Wildman–Crippen LogP) is 3.48. The molecule has 2 saturated heterocycles. The number of hydrogen-bond donors (Lipinski definition) is 1. The molecule has 2 aromatic carbocycles. The topological polar surface area (TPSA) is 91.8 Å². The van der Waals surface area contributed by atoms with E-state index in [2.05, 4.69) is 4.90 Å². The van der Waals surface area contributed by atoms with Crippen LogP contribution in [-0.4, -0.2) is 96.8 Å². The van der Waals surface area contributed by atoms with Crippen LogP contribution in [0.5, 0.6) is 17.2 Å². The van der Waals surface area contributed by atoms with E-state index in [1.165, 1.54) is 31.2 Å². The van der Waals surface area contributed by atoms with E-state index in [0.29, 0.717) is 56.5 Å². The summed E-state index contributed by atoms with van der Waals surface area (Å²) in [5.74, 6) is 1.46. The molecule has 4 rings (SSSR count). The molecule has 0 saturated carbocycles. The molecular formula is C31H42FN3O6. The number of β-amino-alcohol motifs (C(OH)–C–C–N with tert-alkyl or cyclic N) is 1. The van der Waals surface area contributed by atoms with Crippen molar-refractivity contribution in [3.8, 4) is 17.2 Å². The molecule has 0 spiro atoms. The number of carbonyl (C=O) groups excluding carboxylic acids is 2. The summed E-state index contributed by atoms with van der Waals surface area (Å²) in [5, 5.41) is 11.5. The van der Waals surface area contributed by atoms with Gasteiger partial charge in [-0.2, -0.15) is 0 Å². The number of hydrogen-bond acceptors (Lipinski definition) is 7. The lowest BCUT2D eigenvalue weighted by Gasteiger charge is -2.32. The Bertz CT molecular complexity index is 1160. The van der Waals surface area contributed by atoms with Crippen LogP contribution in [0.3, 0.4) is 0 Å². The second-order valence-electron chi connectivity index (χ2n) is 11.0. The Labute approximate surface area is 241 Å². The molecule has 2 heterocycles. The van der Waals surface area contributed by atoms with Crippen molar-refractivity contribution in [3.05, 3.63) is 53.8 Å². The van der Waals surface area contributed by atoms with Gasteiger partial charge in [-0.1, -0.05) is 12.5 Å². The zero-order chi connectivity index (χ0) is 29.2. The van der Waals surface area contributed by atoms with Crippen LogP contribution in [0.15, 0.2) is 42.5 Å². The van der Waals surface area contributed by atoms with Crippen LogP contribution in [0.25, 0.3) is 0 Å². The maximum Gasteiger partial charge on any atom is 0.222 e. The van der Waals surface area contributed by atoms with E-state index < -0.39 is 5.60 Å². The number of amides is 2. The van der Waals surface area contributed by atoms with Crippen molar-refractivity contribution in [2.45, 2.75) is 51.2 Å². The number of aliphatic hydroxyl groups is 1. The Morgan fingerprint density at radius 2 is 1.80 bits per heavy atom. The molecule has 2 aliphatic heterocycles. The van der Waals surface area contributed by atoms with E-state index in [-0.39, 0.29) is 37.3 Å². The minimum atomic E-state index is -1.32. The maximum atomic E-state index is 13.3. The highest BCUT2D eigenvalue weighted by atomic mass is 19.1. The monoisotopic (exact) mass is 571 g/mol. The molecule has 9 nitrogen and oxygen atoms in total. The van der Waals surface area contributed by atoms with Crippen molar-refractivity contribution >= 4 is 11.8 Å². The molecule has 2 amide bonds. The molecule has 0 aliphatic carbocycles. The normalized spacial score (nSPS) is 20.3. The van der Waals surface area contributed by atoms with Gasteiger partial charge < -0.3 is 29.1 Å². The van der Waals surface area contributed by atoms with Crippen LogP contribution in [0, 0.1) is 5.82 Å². The minimum absolute atomic E-state index is 0.0436. The molecule has 0 radical (unpaired) electrons. The largest absolute Gasteiger partial charge is 0.493 e. The van der Waals surface area contributed by atoms with Crippen molar-refractivity contribution in [1.82, 2.24) is 14.7 Å². The first-order valence-electron chi connectivity index (χ1n) is 14.4. The molecule has 224 valence electrons. The maximum absolute atomic E-state index is 13.3. The second-order valence-corrected chi connectivity index (χ2v) is 11.0. The SMILES string of the molecule is COc1cc(CN2CCN(C(C)=O)C[C@](O)(COc3ccc(F)cc3)C2)ccc1OCCCN1CCCCCC1=O. The third kappa shape index (κ3) is 9.06. The molecule has 2 aliphatic rings. The molecular weight excluding hydrogens is 529 g/mol. The van der Waals surface area contributed by atoms with Gasteiger partial charge in [-0.05, 0) is 61.2 Å². The van der Waals surface area contributed by atoms with E-state index in [1.807, 2.05) is 23.1 Å². The van der Waals surface area contributed by atoms with E-state index in [0.717, 1.165) is 37.8 Å². The standard InChI is InChI=1S/C31H42FN3O6/c1-24(36)35-17-16-33(21-31(38,22-35)23-41-27-11-9-26(32)10-12-27)20-25-8-13-28(29(19-25)39-2)40-18-6-15-34-14-5-3-4-7-30(34)37/h8-13,19,38H,3-7,14-18,20-23H2,1-2H3/t31-/m0/s1. The highest BCUT2D eigenvalue weighted by Gasteiger charge is 2.37. The Balaban J connectivity index is 1.35. The molecule has 2 fully saturated rings. The first-order chi connectivity index (χ1) is 19.7. The summed E-state index contributed by atoms with van der Waals surface area (Å²) < 4.78 is 30.7. The van der Waals surface area contributed by atoms with E-state index in [9.17, 15) is 19.1 Å². The van der Waals surface area contributed by atoms with Crippen molar-refractivity contribution in [1.29, 1.82) is 0 Å². The molecule has 0 aromatic heterocycles. The van der Waals surface area contributed by atoms with Gasteiger partial charge in [0.25, 0.3) is 0 Å². The zero-order valence-corrected chi connectivity index (χ0v) is 24.1. The number of ether oxygens (including phenoxy) is 3. The average molecular weight is 572 g/mol. The first kappa shape index (κ1) is 30.6. The highest BCUT2D eigenvalue weighted by Crippen LogP contribution is 2.29. The summed E-state index contributed by atoms with van der Waals surface area (Å²) >= 11 is 0. The average Bonchev–Trinajstić information content (AvgIpc) is 3.26. The fourth-order valence-electron chi connectivity index (χ4n) is 5.39. The number of rotatable bonds is 11. The van der Waals surface area contributed by atoms with Gasteiger partial charge in [-0.3, -0.25) is 14.5 Å².